The number of fused-ring (bicyclic) bond motifs is 1. The number of hydrogen-bond donors (Lipinski definition) is 0. The lowest BCUT2D eigenvalue weighted by atomic mass is 10.5. The minimum absolute atomic E-state index is 0.403. The summed E-state index contributed by atoms with van der Waals surface area (Å²) in [5.74, 6) is 0. The summed E-state index contributed by atoms with van der Waals surface area (Å²) in [7, 11) is 0. The Morgan fingerprint density at radius 2 is 1.92 bits per heavy atom. The summed E-state index contributed by atoms with van der Waals surface area (Å²) in [6.45, 7) is 0. The Morgan fingerprint density at radius 1 is 1.25 bits per heavy atom. The summed E-state index contributed by atoms with van der Waals surface area (Å²) in [6.07, 6.45) is 0. The van der Waals surface area contributed by atoms with Crippen molar-refractivity contribution in [2.45, 2.75) is 0 Å². The van der Waals surface area contributed by atoms with Crippen LogP contribution < -0.4 is 0 Å². The van der Waals surface area contributed by atoms with Gasteiger partial charge in [-0.25, -0.2) is 0 Å². The third kappa shape index (κ3) is 1.38. The van der Waals surface area contributed by atoms with Gasteiger partial charge >= 0.3 is 0 Å². The highest BCUT2D eigenvalue weighted by molar-refractivity contribution is 7.30. The van der Waals surface area contributed by atoms with E-state index in [9.17, 15) is 4.79 Å². The molecule has 0 atom stereocenters. The van der Waals surface area contributed by atoms with Crippen LogP contribution in [-0.4, -0.2) is 5.24 Å². The molecule has 5 heteroatoms. The van der Waals surface area contributed by atoms with Gasteiger partial charge in [0, 0.05) is 9.40 Å². The van der Waals surface area contributed by atoms with Gasteiger partial charge < -0.3 is 0 Å². The van der Waals surface area contributed by atoms with Crippen LogP contribution in [0.2, 0.25) is 4.34 Å². The van der Waals surface area contributed by atoms with Crippen LogP contribution in [0.25, 0.3) is 9.40 Å². The van der Waals surface area contributed by atoms with Crippen LogP contribution in [0, 0.1) is 0 Å². The minimum Gasteiger partial charge on any atom is -0.275 e. The van der Waals surface area contributed by atoms with E-state index in [4.69, 9.17) is 23.2 Å². The molecular weight excluding hydrogens is 235 g/mol. The number of thiophene rings is 2. The van der Waals surface area contributed by atoms with Gasteiger partial charge in [0.1, 0.15) is 0 Å². The van der Waals surface area contributed by atoms with Gasteiger partial charge in [0.05, 0.1) is 9.21 Å². The summed E-state index contributed by atoms with van der Waals surface area (Å²) in [4.78, 5) is 11.3. The van der Waals surface area contributed by atoms with Gasteiger partial charge in [-0.05, 0) is 23.7 Å². The van der Waals surface area contributed by atoms with E-state index < -0.39 is 5.24 Å². The van der Waals surface area contributed by atoms with Crippen LogP contribution in [0.15, 0.2) is 12.1 Å². The number of rotatable bonds is 1. The van der Waals surface area contributed by atoms with E-state index >= 15 is 0 Å². The van der Waals surface area contributed by atoms with Gasteiger partial charge in [0.15, 0.2) is 0 Å². The van der Waals surface area contributed by atoms with Crippen LogP contribution >= 0.6 is 45.9 Å². The molecular formula is C7H2Cl2OS2. The van der Waals surface area contributed by atoms with Gasteiger partial charge in [-0.3, -0.25) is 4.79 Å². The second-order valence-corrected chi connectivity index (χ2v) is 5.31. The minimum atomic E-state index is -0.403. The quantitative estimate of drug-likeness (QED) is 0.685. The van der Waals surface area contributed by atoms with Crippen LogP contribution in [-0.2, 0) is 0 Å². The molecule has 0 saturated heterocycles. The first-order valence-electron chi connectivity index (χ1n) is 3.05. The standard InChI is InChI=1S/C7H2Cl2OS2/c8-6-2-4-3(12-6)1-5(11-4)7(9)10/h1-2H. The summed E-state index contributed by atoms with van der Waals surface area (Å²) in [5.41, 5.74) is 0. The highest BCUT2D eigenvalue weighted by Gasteiger charge is 2.09. The second-order valence-electron chi connectivity index (χ2n) is 2.16. The maximum absolute atomic E-state index is 10.7. The maximum atomic E-state index is 10.7. The van der Waals surface area contributed by atoms with Crippen molar-refractivity contribution in [1.82, 2.24) is 0 Å². The summed E-state index contributed by atoms with van der Waals surface area (Å²) >= 11 is 13.9. The Balaban J connectivity index is 2.64. The smallest absolute Gasteiger partial charge is 0.262 e. The van der Waals surface area contributed by atoms with Crippen molar-refractivity contribution in [3.8, 4) is 0 Å². The normalized spacial score (nSPS) is 10.8. The average Bonchev–Trinajstić information content (AvgIpc) is 2.42. The molecule has 2 rings (SSSR count). The van der Waals surface area contributed by atoms with Crippen molar-refractivity contribution in [2.75, 3.05) is 0 Å². The Labute approximate surface area is 86.5 Å². The van der Waals surface area contributed by atoms with E-state index in [1.54, 1.807) is 6.07 Å². The number of carbonyl (C=O) groups is 1. The van der Waals surface area contributed by atoms with Gasteiger partial charge in [-0.2, -0.15) is 0 Å². The van der Waals surface area contributed by atoms with Crippen molar-refractivity contribution in [3.63, 3.8) is 0 Å². The van der Waals surface area contributed by atoms with Crippen LogP contribution in [0.4, 0.5) is 0 Å². The summed E-state index contributed by atoms with van der Waals surface area (Å²) in [6, 6.07) is 3.61. The summed E-state index contributed by atoms with van der Waals surface area (Å²) in [5, 5.41) is -0.403. The van der Waals surface area contributed by atoms with Crippen LogP contribution in [0.5, 0.6) is 0 Å². The molecule has 0 spiro atoms. The van der Waals surface area contributed by atoms with Crippen LogP contribution in [0.1, 0.15) is 9.67 Å². The first kappa shape index (κ1) is 8.51. The van der Waals surface area contributed by atoms with Crippen molar-refractivity contribution >= 4 is 60.5 Å². The molecule has 0 aliphatic rings. The zero-order chi connectivity index (χ0) is 8.72. The summed E-state index contributed by atoms with van der Waals surface area (Å²) < 4.78 is 2.79. The third-order valence-electron chi connectivity index (χ3n) is 1.37. The van der Waals surface area contributed by atoms with Crippen molar-refractivity contribution in [2.24, 2.45) is 0 Å². The van der Waals surface area contributed by atoms with Crippen LogP contribution in [0.3, 0.4) is 0 Å². The lowest BCUT2D eigenvalue weighted by Crippen LogP contribution is -1.78. The fourth-order valence-corrected chi connectivity index (χ4v) is 3.45. The van der Waals surface area contributed by atoms with E-state index in [1.165, 1.54) is 22.7 Å². The van der Waals surface area contributed by atoms with Crippen molar-refractivity contribution in [1.29, 1.82) is 0 Å². The molecule has 2 aromatic heterocycles. The van der Waals surface area contributed by atoms with Gasteiger partial charge in [-0.15, -0.1) is 22.7 Å². The Hall–Kier alpha value is -0.0900. The Morgan fingerprint density at radius 3 is 2.50 bits per heavy atom. The average molecular weight is 237 g/mol. The topological polar surface area (TPSA) is 17.1 Å². The SMILES string of the molecule is O=C(Cl)c1cc2sc(Cl)cc2s1. The maximum Gasteiger partial charge on any atom is 0.262 e. The molecule has 2 aromatic rings. The van der Waals surface area contributed by atoms with Crippen molar-refractivity contribution < 1.29 is 4.79 Å². The molecule has 0 aromatic carbocycles. The zero-order valence-electron chi connectivity index (χ0n) is 5.64. The van der Waals surface area contributed by atoms with Gasteiger partial charge in [0.25, 0.3) is 5.24 Å². The molecule has 0 fully saturated rings. The molecule has 0 bridgehead atoms. The van der Waals surface area contributed by atoms with E-state index in [1.807, 2.05) is 6.07 Å². The monoisotopic (exact) mass is 236 g/mol. The second kappa shape index (κ2) is 3.00. The van der Waals surface area contributed by atoms with E-state index in [0.29, 0.717) is 4.88 Å². The molecule has 0 aliphatic heterocycles. The Kier molecular flexibility index (Phi) is 2.12. The number of hydrogen-bond acceptors (Lipinski definition) is 3. The zero-order valence-corrected chi connectivity index (χ0v) is 8.78. The first-order valence-corrected chi connectivity index (χ1v) is 5.44. The molecule has 0 saturated carbocycles. The molecule has 0 N–H and O–H groups in total. The molecule has 0 unspecified atom stereocenters. The molecule has 62 valence electrons. The highest BCUT2D eigenvalue weighted by atomic mass is 35.5. The third-order valence-corrected chi connectivity index (χ3v) is 4.11. The van der Waals surface area contributed by atoms with Gasteiger partial charge in [-0.1, -0.05) is 11.6 Å². The Bertz CT molecular complexity index is 412. The predicted octanol–water partition coefficient (Wildman–Crippen LogP) is 4.00. The molecule has 0 radical (unpaired) electrons. The molecule has 1 nitrogen and oxygen atoms in total. The lowest BCUT2D eigenvalue weighted by Gasteiger charge is -1.79. The highest BCUT2D eigenvalue weighted by Crippen LogP contribution is 2.35. The number of halogens is 2. The van der Waals surface area contributed by atoms with E-state index in [2.05, 4.69) is 0 Å². The van der Waals surface area contributed by atoms with Gasteiger partial charge in [0.2, 0.25) is 0 Å². The largest absolute Gasteiger partial charge is 0.275 e. The lowest BCUT2D eigenvalue weighted by molar-refractivity contribution is 0.108. The van der Waals surface area contributed by atoms with E-state index in [0.717, 1.165) is 13.7 Å². The molecule has 0 amide bonds. The fraction of sp³-hybridized carbons (Fsp3) is 0. The number of carbonyl (C=O) groups excluding carboxylic acids is 1. The van der Waals surface area contributed by atoms with Crippen molar-refractivity contribution in [3.05, 3.63) is 21.3 Å². The fourth-order valence-electron chi connectivity index (χ4n) is 0.903. The first-order chi connectivity index (χ1) is 5.66. The predicted molar refractivity (Wildman–Crippen MR) is 54.9 cm³/mol. The van der Waals surface area contributed by atoms with E-state index in [-0.39, 0.29) is 0 Å². The molecule has 12 heavy (non-hydrogen) atoms. The molecule has 2 heterocycles. The molecule has 0 aliphatic carbocycles.